The van der Waals surface area contributed by atoms with E-state index in [1.165, 1.54) is 0 Å². The lowest BCUT2D eigenvalue weighted by molar-refractivity contribution is 0.0590. The normalized spacial score (nSPS) is 23.5. The first-order valence-corrected chi connectivity index (χ1v) is 6.97. The van der Waals surface area contributed by atoms with Crippen LogP contribution in [0.3, 0.4) is 0 Å². The fraction of sp³-hybridized carbons (Fsp3) is 0.385. The predicted octanol–water partition coefficient (Wildman–Crippen LogP) is 2.33. The van der Waals surface area contributed by atoms with Crippen LogP contribution >= 0.6 is 15.9 Å². The van der Waals surface area contributed by atoms with Crippen LogP contribution < -0.4 is 5.73 Å². The Kier molecular flexibility index (Phi) is 3.63. The summed E-state index contributed by atoms with van der Waals surface area (Å²) in [5, 5.41) is 4.03. The molecule has 2 heterocycles. The Morgan fingerprint density at radius 3 is 2.95 bits per heavy atom. The molecular formula is C13H14BrN3O2. The van der Waals surface area contributed by atoms with Crippen LogP contribution in [-0.4, -0.2) is 29.4 Å². The Balaban J connectivity index is 1.89. The standard InChI is InChI=1S/C13H14BrN3O2/c14-10-4-2-1-3-8(10)12-16-13(19-17-12)9-7-18-6-5-11(9)15/h1-4,9,11H,5-7,15H2. The number of nitrogens with zero attached hydrogens (tertiary/aromatic N) is 2. The number of hydrogen-bond acceptors (Lipinski definition) is 5. The average Bonchev–Trinajstić information content (AvgIpc) is 2.89. The van der Waals surface area contributed by atoms with Gasteiger partial charge >= 0.3 is 0 Å². The molecule has 100 valence electrons. The molecule has 2 aromatic rings. The van der Waals surface area contributed by atoms with Gasteiger partial charge in [-0.1, -0.05) is 33.2 Å². The lowest BCUT2D eigenvalue weighted by Crippen LogP contribution is -2.37. The number of benzene rings is 1. The monoisotopic (exact) mass is 323 g/mol. The van der Waals surface area contributed by atoms with Crippen LogP contribution in [-0.2, 0) is 4.74 Å². The van der Waals surface area contributed by atoms with E-state index in [4.69, 9.17) is 15.0 Å². The zero-order valence-corrected chi connectivity index (χ0v) is 11.8. The van der Waals surface area contributed by atoms with E-state index in [1.54, 1.807) is 0 Å². The number of rotatable bonds is 2. The number of aromatic nitrogens is 2. The Morgan fingerprint density at radius 2 is 2.16 bits per heavy atom. The van der Waals surface area contributed by atoms with Crippen molar-refractivity contribution in [2.24, 2.45) is 5.73 Å². The SMILES string of the molecule is NC1CCOCC1c1nc(-c2ccccc2Br)no1. The average molecular weight is 324 g/mol. The first kappa shape index (κ1) is 12.8. The van der Waals surface area contributed by atoms with Gasteiger partial charge in [0.25, 0.3) is 0 Å². The first-order valence-electron chi connectivity index (χ1n) is 6.17. The van der Waals surface area contributed by atoms with Crippen LogP contribution in [0.4, 0.5) is 0 Å². The Hall–Kier alpha value is -1.24. The van der Waals surface area contributed by atoms with Crippen molar-refractivity contribution < 1.29 is 9.26 Å². The molecule has 0 spiro atoms. The van der Waals surface area contributed by atoms with Crippen LogP contribution in [0.1, 0.15) is 18.2 Å². The van der Waals surface area contributed by atoms with E-state index in [-0.39, 0.29) is 12.0 Å². The smallest absolute Gasteiger partial charge is 0.233 e. The molecule has 1 aromatic carbocycles. The topological polar surface area (TPSA) is 74.2 Å². The molecule has 0 bridgehead atoms. The summed E-state index contributed by atoms with van der Waals surface area (Å²) in [5.41, 5.74) is 6.98. The third-order valence-electron chi connectivity index (χ3n) is 3.28. The molecule has 2 atom stereocenters. The number of ether oxygens (including phenoxy) is 1. The summed E-state index contributed by atoms with van der Waals surface area (Å²) in [6.07, 6.45) is 0.817. The van der Waals surface area contributed by atoms with Crippen molar-refractivity contribution in [2.45, 2.75) is 18.4 Å². The summed E-state index contributed by atoms with van der Waals surface area (Å²) in [6, 6.07) is 7.78. The summed E-state index contributed by atoms with van der Waals surface area (Å²) >= 11 is 3.48. The van der Waals surface area contributed by atoms with Crippen molar-refractivity contribution in [1.29, 1.82) is 0 Å². The lowest BCUT2D eigenvalue weighted by atomic mass is 9.97. The highest BCUT2D eigenvalue weighted by Crippen LogP contribution is 2.29. The maximum atomic E-state index is 6.07. The minimum Gasteiger partial charge on any atom is -0.381 e. The molecule has 5 nitrogen and oxygen atoms in total. The van der Waals surface area contributed by atoms with Crippen molar-refractivity contribution in [3.05, 3.63) is 34.6 Å². The maximum absolute atomic E-state index is 6.07. The molecule has 3 rings (SSSR count). The van der Waals surface area contributed by atoms with Crippen molar-refractivity contribution in [3.63, 3.8) is 0 Å². The predicted molar refractivity (Wildman–Crippen MR) is 73.6 cm³/mol. The largest absolute Gasteiger partial charge is 0.381 e. The van der Waals surface area contributed by atoms with Gasteiger partial charge in [-0.15, -0.1) is 0 Å². The molecule has 0 saturated carbocycles. The van der Waals surface area contributed by atoms with Gasteiger partial charge in [0.15, 0.2) is 0 Å². The molecule has 0 radical (unpaired) electrons. The van der Waals surface area contributed by atoms with Crippen molar-refractivity contribution in [3.8, 4) is 11.4 Å². The van der Waals surface area contributed by atoms with Gasteiger partial charge in [-0.05, 0) is 18.6 Å². The zero-order valence-electron chi connectivity index (χ0n) is 10.3. The van der Waals surface area contributed by atoms with E-state index >= 15 is 0 Å². The van der Waals surface area contributed by atoms with Gasteiger partial charge in [-0.2, -0.15) is 4.98 Å². The van der Waals surface area contributed by atoms with E-state index in [0.29, 0.717) is 24.9 Å². The minimum atomic E-state index is -0.0162. The van der Waals surface area contributed by atoms with Gasteiger partial charge in [-0.25, -0.2) is 0 Å². The van der Waals surface area contributed by atoms with Crippen molar-refractivity contribution in [2.75, 3.05) is 13.2 Å². The number of hydrogen-bond donors (Lipinski definition) is 1. The fourth-order valence-corrected chi connectivity index (χ4v) is 2.61. The van der Waals surface area contributed by atoms with Crippen LogP contribution in [0.2, 0.25) is 0 Å². The van der Waals surface area contributed by atoms with Gasteiger partial charge < -0.3 is 15.0 Å². The van der Waals surface area contributed by atoms with Crippen LogP contribution in [0.5, 0.6) is 0 Å². The van der Waals surface area contributed by atoms with E-state index in [2.05, 4.69) is 26.1 Å². The summed E-state index contributed by atoms with van der Waals surface area (Å²) in [6.45, 7) is 1.24. The third-order valence-corrected chi connectivity index (χ3v) is 3.97. The van der Waals surface area contributed by atoms with Gasteiger partial charge in [-0.3, -0.25) is 0 Å². The molecule has 0 aliphatic carbocycles. The summed E-state index contributed by atoms with van der Waals surface area (Å²) in [5.74, 6) is 1.11. The van der Waals surface area contributed by atoms with Gasteiger partial charge in [0.2, 0.25) is 11.7 Å². The molecule has 1 aliphatic rings. The second-order valence-electron chi connectivity index (χ2n) is 4.57. The van der Waals surface area contributed by atoms with E-state index in [1.807, 2.05) is 24.3 Å². The summed E-state index contributed by atoms with van der Waals surface area (Å²) in [4.78, 5) is 4.45. The van der Waals surface area contributed by atoms with Gasteiger partial charge in [0, 0.05) is 22.7 Å². The molecule has 1 aromatic heterocycles. The lowest BCUT2D eigenvalue weighted by Gasteiger charge is -2.25. The zero-order chi connectivity index (χ0) is 13.2. The Bertz CT molecular complexity index is 573. The fourth-order valence-electron chi connectivity index (χ4n) is 2.15. The second kappa shape index (κ2) is 5.40. The highest BCUT2D eigenvalue weighted by Gasteiger charge is 2.29. The summed E-state index contributed by atoms with van der Waals surface area (Å²) < 4.78 is 11.7. The maximum Gasteiger partial charge on any atom is 0.233 e. The van der Waals surface area contributed by atoms with E-state index in [9.17, 15) is 0 Å². The van der Waals surface area contributed by atoms with Crippen LogP contribution in [0.25, 0.3) is 11.4 Å². The minimum absolute atomic E-state index is 0.0151. The first-order chi connectivity index (χ1) is 9.25. The molecule has 0 amide bonds. The quantitative estimate of drug-likeness (QED) is 0.918. The van der Waals surface area contributed by atoms with E-state index in [0.717, 1.165) is 16.5 Å². The summed E-state index contributed by atoms with van der Waals surface area (Å²) in [7, 11) is 0. The highest BCUT2D eigenvalue weighted by molar-refractivity contribution is 9.10. The Labute approximate surface area is 119 Å². The molecular weight excluding hydrogens is 310 g/mol. The molecule has 1 saturated heterocycles. The Morgan fingerprint density at radius 1 is 1.32 bits per heavy atom. The number of nitrogens with two attached hydrogens (primary N) is 1. The molecule has 2 unspecified atom stereocenters. The van der Waals surface area contributed by atoms with Crippen molar-refractivity contribution in [1.82, 2.24) is 10.1 Å². The van der Waals surface area contributed by atoms with Gasteiger partial charge in [0.05, 0.1) is 12.5 Å². The van der Waals surface area contributed by atoms with Gasteiger partial charge in [0.1, 0.15) is 0 Å². The van der Waals surface area contributed by atoms with Crippen LogP contribution in [0.15, 0.2) is 33.3 Å². The van der Waals surface area contributed by atoms with Crippen LogP contribution in [0, 0.1) is 0 Å². The molecule has 1 fully saturated rings. The third kappa shape index (κ3) is 2.56. The number of halogens is 1. The second-order valence-corrected chi connectivity index (χ2v) is 5.42. The molecule has 2 N–H and O–H groups in total. The van der Waals surface area contributed by atoms with Crippen molar-refractivity contribution >= 4 is 15.9 Å². The molecule has 19 heavy (non-hydrogen) atoms. The van der Waals surface area contributed by atoms with E-state index < -0.39 is 0 Å². The molecule has 6 heteroatoms. The molecule has 1 aliphatic heterocycles. The highest BCUT2D eigenvalue weighted by atomic mass is 79.9.